The van der Waals surface area contributed by atoms with Gasteiger partial charge in [0.2, 0.25) is 0 Å². The van der Waals surface area contributed by atoms with Gasteiger partial charge in [-0.15, -0.1) is 0 Å². The average Bonchev–Trinajstić information content (AvgIpc) is 3.01. The number of rotatable bonds is 7. The number of aliphatic hydroxyl groups is 1. The Labute approximate surface area is 112 Å². The molecule has 7 unspecified atom stereocenters. The van der Waals surface area contributed by atoms with Crippen molar-refractivity contribution >= 4 is 5.97 Å². The van der Waals surface area contributed by atoms with Crippen LogP contribution < -0.4 is 0 Å². The first-order chi connectivity index (χ1) is 9.19. The van der Waals surface area contributed by atoms with Crippen molar-refractivity contribution in [2.45, 2.75) is 57.0 Å². The highest BCUT2D eigenvalue weighted by molar-refractivity contribution is 5.70. The number of epoxide rings is 1. The highest BCUT2D eigenvalue weighted by atomic mass is 16.7. The molecule has 0 aromatic rings. The van der Waals surface area contributed by atoms with E-state index in [0.29, 0.717) is 6.42 Å². The van der Waals surface area contributed by atoms with E-state index in [9.17, 15) is 15.0 Å². The highest BCUT2D eigenvalue weighted by Gasteiger charge is 2.70. The smallest absolute Gasteiger partial charge is 0.306 e. The van der Waals surface area contributed by atoms with Crippen molar-refractivity contribution in [2.75, 3.05) is 6.61 Å². The Bertz CT molecular complexity index is 358. The van der Waals surface area contributed by atoms with Crippen LogP contribution in [-0.2, 0) is 14.3 Å². The number of carbonyl (C=O) groups is 1. The maximum atomic E-state index is 11.6. The summed E-state index contributed by atoms with van der Waals surface area (Å²) >= 11 is 0. The summed E-state index contributed by atoms with van der Waals surface area (Å²) in [6.07, 6.45) is 3.74. The quantitative estimate of drug-likeness (QED) is 0.534. The summed E-state index contributed by atoms with van der Waals surface area (Å²) in [6, 6.07) is 0. The third kappa shape index (κ3) is 2.08. The maximum Gasteiger partial charge on any atom is 0.306 e. The first-order valence-corrected chi connectivity index (χ1v) is 7.33. The molecule has 108 valence electrons. The SMILES string of the molecule is CCCCCC(C(=O)O)C1C(CO)C2OC1C1OC21. The summed E-state index contributed by atoms with van der Waals surface area (Å²) < 4.78 is 11.4. The molecule has 3 aliphatic heterocycles. The Morgan fingerprint density at radius 1 is 1.16 bits per heavy atom. The lowest BCUT2D eigenvalue weighted by molar-refractivity contribution is -0.145. The summed E-state index contributed by atoms with van der Waals surface area (Å²) in [5.41, 5.74) is 0. The van der Waals surface area contributed by atoms with E-state index >= 15 is 0 Å². The van der Waals surface area contributed by atoms with E-state index in [0.717, 1.165) is 19.3 Å². The zero-order chi connectivity index (χ0) is 13.6. The van der Waals surface area contributed by atoms with Gasteiger partial charge in [-0.2, -0.15) is 0 Å². The van der Waals surface area contributed by atoms with Gasteiger partial charge in [0, 0.05) is 18.4 Å². The van der Waals surface area contributed by atoms with Gasteiger partial charge in [0.25, 0.3) is 0 Å². The molecule has 0 saturated carbocycles. The summed E-state index contributed by atoms with van der Waals surface area (Å²) in [4.78, 5) is 11.6. The van der Waals surface area contributed by atoms with Gasteiger partial charge in [0.1, 0.15) is 12.2 Å². The second kappa shape index (κ2) is 5.04. The van der Waals surface area contributed by atoms with E-state index in [2.05, 4.69) is 6.92 Å². The monoisotopic (exact) mass is 270 g/mol. The van der Waals surface area contributed by atoms with Gasteiger partial charge >= 0.3 is 5.97 Å². The van der Waals surface area contributed by atoms with Gasteiger partial charge in [0.15, 0.2) is 0 Å². The first kappa shape index (κ1) is 13.3. The number of aliphatic hydroxyl groups excluding tert-OH is 1. The van der Waals surface area contributed by atoms with Crippen LogP contribution in [0.5, 0.6) is 0 Å². The predicted octanol–water partition coefficient (Wildman–Crippen LogP) is 1.04. The molecule has 2 bridgehead atoms. The van der Waals surface area contributed by atoms with Crippen LogP contribution in [0.2, 0.25) is 0 Å². The minimum Gasteiger partial charge on any atom is -0.481 e. The zero-order valence-corrected chi connectivity index (χ0v) is 11.2. The van der Waals surface area contributed by atoms with Crippen LogP contribution in [-0.4, -0.2) is 47.2 Å². The Morgan fingerprint density at radius 3 is 2.47 bits per heavy atom. The molecule has 3 saturated heterocycles. The van der Waals surface area contributed by atoms with Crippen LogP contribution in [0.1, 0.15) is 32.6 Å². The molecule has 3 rings (SSSR count). The van der Waals surface area contributed by atoms with E-state index in [1.165, 1.54) is 0 Å². The Balaban J connectivity index is 1.72. The second-order valence-electron chi connectivity index (χ2n) is 5.99. The number of unbranched alkanes of at least 4 members (excludes halogenated alkanes) is 2. The summed E-state index contributed by atoms with van der Waals surface area (Å²) in [5.74, 6) is -1.33. The van der Waals surface area contributed by atoms with Gasteiger partial charge in [-0.1, -0.05) is 26.2 Å². The second-order valence-corrected chi connectivity index (χ2v) is 5.99. The third-order valence-electron chi connectivity index (χ3n) is 4.93. The predicted molar refractivity (Wildman–Crippen MR) is 66.7 cm³/mol. The van der Waals surface area contributed by atoms with E-state index in [4.69, 9.17) is 9.47 Å². The van der Waals surface area contributed by atoms with Crippen molar-refractivity contribution in [1.29, 1.82) is 0 Å². The molecule has 0 amide bonds. The van der Waals surface area contributed by atoms with Gasteiger partial charge < -0.3 is 19.7 Å². The molecular formula is C14H22O5. The van der Waals surface area contributed by atoms with Gasteiger partial charge in [-0.05, 0) is 6.42 Å². The fraction of sp³-hybridized carbons (Fsp3) is 0.929. The fourth-order valence-corrected chi connectivity index (χ4v) is 3.97. The number of carboxylic acid groups (broad SMARTS) is 1. The highest BCUT2D eigenvalue weighted by Crippen LogP contribution is 2.56. The molecule has 5 nitrogen and oxygen atoms in total. The van der Waals surface area contributed by atoms with Crippen LogP contribution in [0, 0.1) is 17.8 Å². The van der Waals surface area contributed by atoms with Gasteiger partial charge in [-0.25, -0.2) is 0 Å². The maximum absolute atomic E-state index is 11.6. The topological polar surface area (TPSA) is 79.3 Å². The van der Waals surface area contributed by atoms with Gasteiger partial charge in [-0.3, -0.25) is 4.79 Å². The molecule has 0 aliphatic carbocycles. The van der Waals surface area contributed by atoms with Gasteiger partial charge in [0.05, 0.1) is 18.1 Å². The van der Waals surface area contributed by atoms with Crippen molar-refractivity contribution in [3.8, 4) is 0 Å². The van der Waals surface area contributed by atoms with Crippen molar-refractivity contribution in [3.05, 3.63) is 0 Å². The first-order valence-electron chi connectivity index (χ1n) is 7.33. The Hall–Kier alpha value is -0.650. The molecule has 5 heteroatoms. The minimum atomic E-state index is -0.757. The number of aliphatic carboxylic acids is 1. The molecule has 0 spiro atoms. The molecule has 0 radical (unpaired) electrons. The number of hydrogen-bond donors (Lipinski definition) is 2. The summed E-state index contributed by atoms with van der Waals surface area (Å²) in [6.45, 7) is 2.10. The molecule has 0 aromatic heterocycles. The molecule has 7 atom stereocenters. The van der Waals surface area contributed by atoms with Crippen molar-refractivity contribution in [3.63, 3.8) is 0 Å². The fourth-order valence-electron chi connectivity index (χ4n) is 3.97. The van der Waals surface area contributed by atoms with E-state index in [1.54, 1.807) is 0 Å². The standard InChI is InChI=1S/C14H22O5/c1-2-3-4-5-7(14(16)17)9-8(6-15)10-12-13(19-12)11(9)18-10/h7-13,15H,2-6H2,1H3,(H,16,17). The minimum absolute atomic E-state index is 0.00400. The Kier molecular flexibility index (Phi) is 3.53. The van der Waals surface area contributed by atoms with Crippen LogP contribution in [0.25, 0.3) is 0 Å². The molecule has 3 heterocycles. The van der Waals surface area contributed by atoms with Crippen LogP contribution in [0.4, 0.5) is 0 Å². The van der Waals surface area contributed by atoms with Crippen LogP contribution in [0.3, 0.4) is 0 Å². The summed E-state index contributed by atoms with van der Waals surface area (Å²) in [7, 11) is 0. The van der Waals surface area contributed by atoms with Crippen molar-refractivity contribution < 1.29 is 24.5 Å². The number of ether oxygens (including phenoxy) is 2. The number of hydrogen-bond acceptors (Lipinski definition) is 4. The molecule has 0 aromatic carbocycles. The molecule has 19 heavy (non-hydrogen) atoms. The van der Waals surface area contributed by atoms with E-state index in [-0.39, 0.29) is 42.9 Å². The van der Waals surface area contributed by atoms with Crippen LogP contribution >= 0.6 is 0 Å². The number of fused-ring (bicyclic) bond motifs is 5. The average molecular weight is 270 g/mol. The number of carboxylic acids is 1. The molecule has 3 aliphatic rings. The van der Waals surface area contributed by atoms with Crippen LogP contribution in [0.15, 0.2) is 0 Å². The molecule has 2 N–H and O–H groups in total. The largest absolute Gasteiger partial charge is 0.481 e. The lowest BCUT2D eigenvalue weighted by Crippen LogP contribution is -2.42. The zero-order valence-electron chi connectivity index (χ0n) is 11.2. The van der Waals surface area contributed by atoms with E-state index < -0.39 is 11.9 Å². The van der Waals surface area contributed by atoms with Crippen molar-refractivity contribution in [1.82, 2.24) is 0 Å². The molecule has 3 fully saturated rings. The third-order valence-corrected chi connectivity index (χ3v) is 4.93. The lowest BCUT2D eigenvalue weighted by Gasteiger charge is -2.29. The lowest BCUT2D eigenvalue weighted by atomic mass is 9.71. The van der Waals surface area contributed by atoms with Crippen molar-refractivity contribution in [2.24, 2.45) is 17.8 Å². The summed E-state index contributed by atoms with van der Waals surface area (Å²) in [5, 5.41) is 19.1. The normalized spacial score (nSPS) is 44.1. The molecular weight excluding hydrogens is 248 g/mol. The Morgan fingerprint density at radius 2 is 1.84 bits per heavy atom. The van der Waals surface area contributed by atoms with E-state index in [1.807, 2.05) is 0 Å².